The maximum Gasteiger partial charge on any atom is 0.227 e. The van der Waals surface area contributed by atoms with E-state index in [2.05, 4.69) is 12.2 Å². The van der Waals surface area contributed by atoms with Gasteiger partial charge >= 0.3 is 0 Å². The predicted octanol–water partition coefficient (Wildman–Crippen LogP) is 0.877. The molecule has 1 aliphatic heterocycles. The van der Waals surface area contributed by atoms with Crippen LogP contribution >= 0.6 is 0 Å². The third-order valence-corrected chi connectivity index (χ3v) is 4.70. The fourth-order valence-electron chi connectivity index (χ4n) is 3.45. The Labute approximate surface area is 121 Å². The van der Waals surface area contributed by atoms with E-state index in [1.54, 1.807) is 6.92 Å². The van der Waals surface area contributed by atoms with Crippen LogP contribution in [0.2, 0.25) is 0 Å². The van der Waals surface area contributed by atoms with Crippen LogP contribution in [0.15, 0.2) is 0 Å². The molecule has 3 atom stereocenters. The molecule has 1 saturated heterocycles. The van der Waals surface area contributed by atoms with Crippen molar-refractivity contribution in [2.45, 2.75) is 58.0 Å². The van der Waals surface area contributed by atoms with Crippen LogP contribution in [0.5, 0.6) is 0 Å². The molecule has 1 saturated carbocycles. The van der Waals surface area contributed by atoms with E-state index in [4.69, 9.17) is 5.73 Å². The van der Waals surface area contributed by atoms with Gasteiger partial charge in [0.05, 0.1) is 5.92 Å². The number of amides is 2. The van der Waals surface area contributed by atoms with Crippen LogP contribution in [0.25, 0.3) is 0 Å². The first-order valence-electron chi connectivity index (χ1n) is 7.79. The average molecular weight is 281 g/mol. The molecule has 2 rings (SSSR count). The van der Waals surface area contributed by atoms with Gasteiger partial charge in [0.1, 0.15) is 0 Å². The lowest BCUT2D eigenvalue weighted by atomic mass is 9.78. The Morgan fingerprint density at radius 1 is 1.15 bits per heavy atom. The van der Waals surface area contributed by atoms with Gasteiger partial charge in [-0.1, -0.05) is 6.92 Å². The normalized spacial score (nSPS) is 31.9. The Morgan fingerprint density at radius 2 is 1.80 bits per heavy atom. The molecule has 0 aromatic heterocycles. The van der Waals surface area contributed by atoms with Gasteiger partial charge in [-0.2, -0.15) is 0 Å². The van der Waals surface area contributed by atoms with Gasteiger partial charge in [-0.25, -0.2) is 0 Å². The molecule has 1 aliphatic carbocycles. The van der Waals surface area contributed by atoms with Gasteiger partial charge in [0.25, 0.3) is 0 Å². The molecular weight excluding hydrogens is 254 g/mol. The van der Waals surface area contributed by atoms with Gasteiger partial charge in [-0.05, 0) is 38.0 Å². The molecule has 0 spiro atoms. The fourth-order valence-corrected chi connectivity index (χ4v) is 3.45. The topological polar surface area (TPSA) is 75.4 Å². The van der Waals surface area contributed by atoms with E-state index < -0.39 is 0 Å². The summed E-state index contributed by atoms with van der Waals surface area (Å²) in [5, 5.41) is 2.93. The summed E-state index contributed by atoms with van der Waals surface area (Å²) in [5.41, 5.74) is 6.14. The molecule has 3 N–H and O–H groups in total. The molecule has 5 heteroatoms. The largest absolute Gasteiger partial charge is 0.353 e. The monoisotopic (exact) mass is 281 g/mol. The third-order valence-electron chi connectivity index (χ3n) is 4.70. The summed E-state index contributed by atoms with van der Waals surface area (Å²) >= 11 is 0. The van der Waals surface area contributed by atoms with Crippen molar-refractivity contribution in [2.75, 3.05) is 13.1 Å². The van der Waals surface area contributed by atoms with Crippen LogP contribution in [-0.4, -0.2) is 41.9 Å². The van der Waals surface area contributed by atoms with E-state index >= 15 is 0 Å². The van der Waals surface area contributed by atoms with Gasteiger partial charge in [-0.15, -0.1) is 0 Å². The zero-order valence-corrected chi connectivity index (χ0v) is 12.6. The summed E-state index contributed by atoms with van der Waals surface area (Å²) in [7, 11) is 0. The number of hydrogen-bond acceptors (Lipinski definition) is 3. The van der Waals surface area contributed by atoms with Crippen LogP contribution in [0.1, 0.15) is 46.0 Å². The molecule has 1 heterocycles. The minimum atomic E-state index is -0.00364. The van der Waals surface area contributed by atoms with Crippen molar-refractivity contribution in [1.29, 1.82) is 0 Å². The summed E-state index contributed by atoms with van der Waals surface area (Å²) in [6.45, 7) is 5.22. The van der Waals surface area contributed by atoms with Crippen LogP contribution in [-0.2, 0) is 9.59 Å². The zero-order valence-electron chi connectivity index (χ0n) is 12.6. The number of nitrogens with two attached hydrogens (primary N) is 1. The van der Waals surface area contributed by atoms with Crippen molar-refractivity contribution in [3.8, 4) is 0 Å². The van der Waals surface area contributed by atoms with Gasteiger partial charge < -0.3 is 16.0 Å². The Bertz CT molecular complexity index is 364. The van der Waals surface area contributed by atoms with Crippen molar-refractivity contribution >= 4 is 11.8 Å². The molecule has 20 heavy (non-hydrogen) atoms. The van der Waals surface area contributed by atoms with E-state index in [-0.39, 0.29) is 29.8 Å². The van der Waals surface area contributed by atoms with Crippen molar-refractivity contribution in [2.24, 2.45) is 17.6 Å². The Balaban J connectivity index is 1.86. The van der Waals surface area contributed by atoms with E-state index in [0.717, 1.165) is 45.2 Å². The average Bonchev–Trinajstić information content (AvgIpc) is 2.41. The number of carbonyl (C=O) groups is 2. The van der Waals surface area contributed by atoms with Crippen molar-refractivity contribution in [3.63, 3.8) is 0 Å². The van der Waals surface area contributed by atoms with Gasteiger partial charge in [0.2, 0.25) is 11.8 Å². The number of piperidine rings is 1. The lowest BCUT2D eigenvalue weighted by molar-refractivity contribution is -0.138. The standard InChI is InChI=1S/C15H27N3O2/c1-10-3-4-14(16)13(9-10)15(20)18-7-5-12(6-8-18)17-11(2)19/h10,12-14H,3-9,16H2,1-2H3,(H,17,19). The second-order valence-corrected chi connectivity index (χ2v) is 6.49. The Hall–Kier alpha value is -1.10. The SMILES string of the molecule is CC(=O)NC1CCN(C(=O)C2CC(C)CCC2N)CC1. The van der Waals surface area contributed by atoms with Crippen LogP contribution in [0.3, 0.4) is 0 Å². The fraction of sp³-hybridized carbons (Fsp3) is 0.867. The van der Waals surface area contributed by atoms with Gasteiger partial charge in [-0.3, -0.25) is 9.59 Å². The highest BCUT2D eigenvalue weighted by atomic mass is 16.2. The van der Waals surface area contributed by atoms with Gasteiger partial charge in [0, 0.05) is 32.1 Å². The van der Waals surface area contributed by atoms with Crippen LogP contribution in [0.4, 0.5) is 0 Å². The third kappa shape index (κ3) is 3.72. The molecule has 0 aromatic rings. The highest BCUT2D eigenvalue weighted by Crippen LogP contribution is 2.30. The first-order chi connectivity index (χ1) is 9.47. The first kappa shape index (κ1) is 15.3. The van der Waals surface area contributed by atoms with Crippen molar-refractivity contribution < 1.29 is 9.59 Å². The number of likely N-dealkylation sites (tertiary alicyclic amines) is 1. The van der Waals surface area contributed by atoms with Crippen LogP contribution < -0.4 is 11.1 Å². The second-order valence-electron chi connectivity index (χ2n) is 6.49. The molecule has 2 amide bonds. The minimum Gasteiger partial charge on any atom is -0.353 e. The van der Waals surface area contributed by atoms with E-state index in [9.17, 15) is 9.59 Å². The smallest absolute Gasteiger partial charge is 0.227 e. The zero-order chi connectivity index (χ0) is 14.7. The van der Waals surface area contributed by atoms with Crippen molar-refractivity contribution in [1.82, 2.24) is 10.2 Å². The number of carbonyl (C=O) groups excluding carboxylic acids is 2. The van der Waals surface area contributed by atoms with Gasteiger partial charge in [0.15, 0.2) is 0 Å². The second kappa shape index (κ2) is 6.57. The molecule has 2 aliphatic rings. The summed E-state index contributed by atoms with van der Waals surface area (Å²) in [6.07, 6.45) is 4.72. The molecule has 0 radical (unpaired) electrons. The Kier molecular flexibility index (Phi) is 5.02. The maximum absolute atomic E-state index is 12.6. The molecule has 0 bridgehead atoms. The van der Waals surface area contributed by atoms with Crippen molar-refractivity contribution in [3.05, 3.63) is 0 Å². The molecule has 3 unspecified atom stereocenters. The maximum atomic E-state index is 12.6. The first-order valence-corrected chi connectivity index (χ1v) is 7.79. The number of hydrogen-bond donors (Lipinski definition) is 2. The highest BCUT2D eigenvalue weighted by Gasteiger charge is 2.35. The number of rotatable bonds is 2. The number of nitrogens with one attached hydrogen (secondary N) is 1. The van der Waals surface area contributed by atoms with E-state index in [0.29, 0.717) is 5.92 Å². The quantitative estimate of drug-likeness (QED) is 0.789. The summed E-state index contributed by atoms with van der Waals surface area (Å²) in [5.74, 6) is 0.833. The number of nitrogens with zero attached hydrogens (tertiary/aromatic N) is 1. The molecule has 5 nitrogen and oxygen atoms in total. The van der Waals surface area contributed by atoms with E-state index in [1.165, 1.54) is 0 Å². The Morgan fingerprint density at radius 3 is 2.40 bits per heavy atom. The molecule has 0 aromatic carbocycles. The molecule has 114 valence electrons. The summed E-state index contributed by atoms with van der Waals surface area (Å²) in [6, 6.07) is 0.238. The minimum absolute atomic E-state index is 0.00364. The lowest BCUT2D eigenvalue weighted by Crippen LogP contribution is -2.51. The highest BCUT2D eigenvalue weighted by molar-refractivity contribution is 5.80. The van der Waals surface area contributed by atoms with Crippen LogP contribution in [0, 0.1) is 11.8 Å². The predicted molar refractivity (Wildman–Crippen MR) is 77.9 cm³/mol. The summed E-state index contributed by atoms with van der Waals surface area (Å²) in [4.78, 5) is 25.6. The molecular formula is C15H27N3O2. The summed E-state index contributed by atoms with van der Waals surface area (Å²) < 4.78 is 0. The molecule has 2 fully saturated rings. The van der Waals surface area contributed by atoms with E-state index in [1.807, 2.05) is 4.90 Å². The lowest BCUT2D eigenvalue weighted by Gasteiger charge is -2.38.